The molecule has 0 saturated carbocycles. The summed E-state index contributed by atoms with van der Waals surface area (Å²) in [5.41, 5.74) is 6.07. The molecular formula is C48H31BBr2IN2O6S2. The van der Waals surface area contributed by atoms with E-state index >= 15 is 0 Å². The van der Waals surface area contributed by atoms with Crippen LogP contribution in [0.4, 0.5) is 5.69 Å². The molecule has 1 aliphatic rings. The Kier molecular flexibility index (Phi) is 13.6. The molecule has 7 aromatic carbocycles. The van der Waals surface area contributed by atoms with E-state index in [4.69, 9.17) is 9.68 Å². The smallest absolute Gasteiger partial charge is 0.537 e. The third-order valence-corrected chi connectivity index (χ3v) is 14.6. The van der Waals surface area contributed by atoms with Crippen LogP contribution in [0.15, 0.2) is 179 Å². The molecule has 1 N–H and O–H groups in total. The van der Waals surface area contributed by atoms with Crippen LogP contribution >= 0.6 is 77.1 Å². The van der Waals surface area contributed by atoms with Gasteiger partial charge in [-0.3, -0.25) is 20.2 Å². The third-order valence-electron chi connectivity index (χ3n) is 10.2. The molecule has 9 aromatic rings. The van der Waals surface area contributed by atoms with Crippen LogP contribution < -0.4 is 4.65 Å². The van der Waals surface area contributed by atoms with Gasteiger partial charge in [0.15, 0.2) is 0 Å². The lowest BCUT2D eigenvalue weighted by Gasteiger charge is -2.11. The van der Waals surface area contributed by atoms with E-state index in [1.807, 2.05) is 78.1 Å². The number of thiophene rings is 2. The van der Waals surface area contributed by atoms with E-state index in [1.165, 1.54) is 45.9 Å². The van der Waals surface area contributed by atoms with Gasteiger partial charge in [-0.15, -0.1) is 22.7 Å². The normalized spacial score (nSPS) is 14.4. The lowest BCUT2D eigenvalue weighted by Crippen LogP contribution is -2.27. The third kappa shape index (κ3) is 9.70. The van der Waals surface area contributed by atoms with Gasteiger partial charge in [-0.2, -0.15) is 0 Å². The van der Waals surface area contributed by atoms with Crippen molar-refractivity contribution >= 4 is 131 Å². The standard InChI is InChI=1S/C24H14BrNO2S.C18H12BO2S.C6H5BrINO2/c25-18-10-11-19(22(14-18)26(27)28)16-7-5-15(6-8-16)17-9-12-24-21(13-17)20-3-1-2-4-23(20)29-24;20-19-21-14-8-5-12(6-9-14)13-7-10-18-16(11-13)15-3-1-2-4-17(15)22-18;7-4-1-2-5(8)6(3-4)9(10)11/h1-14H;1-11,20H;1-3,5-6H. The molecule has 2 heterocycles. The highest BCUT2D eigenvalue weighted by molar-refractivity contribution is 14.1. The van der Waals surface area contributed by atoms with Crippen molar-refractivity contribution < 1.29 is 19.5 Å². The van der Waals surface area contributed by atoms with Crippen molar-refractivity contribution in [3.63, 3.8) is 0 Å². The minimum Gasteiger partial charge on any atom is -0.537 e. The predicted molar refractivity (Wildman–Crippen MR) is 273 cm³/mol. The van der Waals surface area contributed by atoms with E-state index < -0.39 is 6.04 Å². The quantitative estimate of drug-likeness (QED) is 0.0559. The first-order chi connectivity index (χ1) is 30.1. The Labute approximate surface area is 395 Å². The highest BCUT2D eigenvalue weighted by atomic mass is 127. The Hall–Kier alpha value is -5.23. The first-order valence-corrected chi connectivity index (χ1v) is 23.5. The average molecular weight is 1090 g/mol. The Bertz CT molecular complexity index is 3170. The molecule has 1 aliphatic carbocycles. The maximum atomic E-state index is 11.4. The molecule has 62 heavy (non-hydrogen) atoms. The minimum absolute atomic E-state index is 0.0381. The van der Waals surface area contributed by atoms with Gasteiger partial charge in [-0.25, -0.2) is 0 Å². The number of alkyl halides is 1. The molecule has 0 bridgehead atoms. The van der Waals surface area contributed by atoms with Crippen LogP contribution in [0.5, 0.6) is 5.75 Å². The lowest BCUT2D eigenvalue weighted by molar-refractivity contribution is -0.506. The van der Waals surface area contributed by atoms with Crippen LogP contribution in [0.1, 0.15) is 0 Å². The fourth-order valence-electron chi connectivity index (χ4n) is 7.13. The largest absolute Gasteiger partial charge is 0.569 e. The van der Waals surface area contributed by atoms with Gasteiger partial charge in [-0.1, -0.05) is 152 Å². The SMILES string of the molecule is O=[N+]([O-])C1C=C(Br)C=CC1I.O=[N+]([O-])c1cc(Br)ccc1-c1ccc(-c2ccc3sc4ccccc4c3c2)cc1.O[B]Oc1ccc(-c2ccc3sc4ccccc4c3c2)cc1. The summed E-state index contributed by atoms with van der Waals surface area (Å²) in [6.07, 6.45) is 5.26. The Morgan fingerprint density at radius 3 is 1.63 bits per heavy atom. The number of nitrogens with zero attached hydrogens (tertiary/aromatic N) is 2. The first-order valence-electron chi connectivity index (χ1n) is 19.0. The summed E-state index contributed by atoms with van der Waals surface area (Å²) in [5, 5.41) is 35.6. The maximum absolute atomic E-state index is 11.4. The molecule has 2 aromatic heterocycles. The van der Waals surface area contributed by atoms with E-state index in [2.05, 4.69) is 139 Å². The van der Waals surface area contributed by atoms with Crippen LogP contribution in [0.3, 0.4) is 0 Å². The number of halogens is 3. The summed E-state index contributed by atoms with van der Waals surface area (Å²) in [6.45, 7) is 0. The van der Waals surface area contributed by atoms with Crippen molar-refractivity contribution in [2.24, 2.45) is 0 Å². The highest BCUT2D eigenvalue weighted by Crippen LogP contribution is 2.39. The monoisotopic (exact) mass is 1090 g/mol. The van der Waals surface area contributed by atoms with Gasteiger partial charge in [0.05, 0.1) is 10.5 Å². The zero-order valence-electron chi connectivity index (χ0n) is 32.2. The molecule has 1 radical (unpaired) electrons. The van der Waals surface area contributed by atoms with Gasteiger partial charge >= 0.3 is 7.69 Å². The number of rotatable bonds is 7. The predicted octanol–water partition coefficient (Wildman–Crippen LogP) is 15.0. The number of benzene rings is 7. The number of nitro benzene ring substituents is 1. The van der Waals surface area contributed by atoms with Crippen LogP contribution in [-0.2, 0) is 0 Å². The minimum atomic E-state index is -0.588. The first kappa shape index (κ1) is 43.4. The van der Waals surface area contributed by atoms with Gasteiger partial charge in [0.2, 0.25) is 6.04 Å². The Morgan fingerprint density at radius 2 is 1.11 bits per heavy atom. The molecule has 8 nitrogen and oxygen atoms in total. The van der Waals surface area contributed by atoms with Crippen LogP contribution in [-0.4, -0.2) is 32.5 Å². The number of hydrogen-bond acceptors (Lipinski definition) is 8. The van der Waals surface area contributed by atoms with Gasteiger partial charge in [0, 0.05) is 66.4 Å². The second-order valence-corrected chi connectivity index (χ2v) is 19.4. The van der Waals surface area contributed by atoms with Gasteiger partial charge in [0.1, 0.15) is 9.67 Å². The van der Waals surface area contributed by atoms with Crippen molar-refractivity contribution in [3.05, 3.63) is 199 Å². The summed E-state index contributed by atoms with van der Waals surface area (Å²) in [4.78, 5) is 21.2. The molecule has 10 rings (SSSR count). The summed E-state index contributed by atoms with van der Waals surface area (Å²) < 4.78 is 11.6. The van der Waals surface area contributed by atoms with E-state index in [1.54, 1.807) is 29.5 Å². The van der Waals surface area contributed by atoms with Crippen molar-refractivity contribution in [1.29, 1.82) is 0 Å². The number of hydrogen-bond donors (Lipinski definition) is 1. The van der Waals surface area contributed by atoms with E-state index in [0.717, 1.165) is 26.7 Å². The fourth-order valence-corrected chi connectivity index (χ4v) is 10.7. The summed E-state index contributed by atoms with van der Waals surface area (Å²) >= 11 is 12.2. The maximum Gasteiger partial charge on any atom is 0.569 e. The molecule has 0 saturated heterocycles. The molecule has 0 amide bonds. The molecule has 2 atom stereocenters. The fraction of sp³-hybridized carbons (Fsp3) is 0.0417. The van der Waals surface area contributed by atoms with Crippen molar-refractivity contribution in [3.8, 4) is 39.1 Å². The van der Waals surface area contributed by atoms with Crippen LogP contribution in [0.25, 0.3) is 73.7 Å². The molecule has 0 spiro atoms. The second-order valence-electron chi connectivity index (χ2n) is 14.0. The Balaban J connectivity index is 0.000000141. The van der Waals surface area contributed by atoms with Crippen LogP contribution in [0.2, 0.25) is 0 Å². The topological polar surface area (TPSA) is 116 Å². The summed E-state index contributed by atoms with van der Waals surface area (Å²) in [6, 6.07) is 50.2. The summed E-state index contributed by atoms with van der Waals surface area (Å²) in [5.74, 6) is 0.619. The number of allylic oxidation sites excluding steroid dienone is 2. The van der Waals surface area contributed by atoms with E-state index in [-0.39, 0.29) is 19.5 Å². The van der Waals surface area contributed by atoms with Gasteiger partial charge in [0.25, 0.3) is 5.69 Å². The number of nitro groups is 2. The summed E-state index contributed by atoms with van der Waals surface area (Å²) in [7, 11) is 0.693. The lowest BCUT2D eigenvalue weighted by atomic mass is 9.98. The molecule has 305 valence electrons. The molecule has 0 aliphatic heterocycles. The zero-order chi connectivity index (χ0) is 43.3. The van der Waals surface area contributed by atoms with E-state index in [0.29, 0.717) is 23.5 Å². The molecule has 0 fully saturated rings. The van der Waals surface area contributed by atoms with Crippen molar-refractivity contribution in [1.82, 2.24) is 0 Å². The zero-order valence-corrected chi connectivity index (χ0v) is 39.2. The van der Waals surface area contributed by atoms with Crippen molar-refractivity contribution in [2.75, 3.05) is 0 Å². The second kappa shape index (κ2) is 19.4. The van der Waals surface area contributed by atoms with Gasteiger partial charge < -0.3 is 9.68 Å². The van der Waals surface area contributed by atoms with Crippen LogP contribution in [0, 0.1) is 20.2 Å². The van der Waals surface area contributed by atoms with E-state index in [9.17, 15) is 20.2 Å². The van der Waals surface area contributed by atoms with Gasteiger partial charge in [-0.05, 0) is 88.5 Å². The van der Waals surface area contributed by atoms with Crippen molar-refractivity contribution in [2.45, 2.75) is 9.97 Å². The Morgan fingerprint density at radius 1 is 0.613 bits per heavy atom. The molecular weight excluding hydrogens is 1060 g/mol. The number of fused-ring (bicyclic) bond motifs is 6. The molecule has 2 unspecified atom stereocenters. The molecule has 14 heteroatoms. The highest BCUT2D eigenvalue weighted by Gasteiger charge is 2.27. The average Bonchev–Trinajstić information content (AvgIpc) is 3.86.